The van der Waals surface area contributed by atoms with Crippen LogP contribution in [-0.4, -0.2) is 6.04 Å². The van der Waals surface area contributed by atoms with E-state index in [0.29, 0.717) is 12.0 Å². The molecule has 1 heterocycles. The van der Waals surface area contributed by atoms with E-state index >= 15 is 0 Å². The van der Waals surface area contributed by atoms with Crippen LogP contribution in [0.5, 0.6) is 0 Å². The van der Waals surface area contributed by atoms with Crippen molar-refractivity contribution in [3.8, 4) is 0 Å². The Morgan fingerprint density at radius 2 is 2.14 bits per heavy atom. The van der Waals surface area contributed by atoms with Crippen LogP contribution in [0.15, 0.2) is 18.2 Å². The predicted molar refractivity (Wildman–Crippen MR) is 49.1 cm³/mol. The number of halogens is 2. The third-order valence-corrected chi connectivity index (χ3v) is 2.35. The number of nitrogens with two attached hydrogens (primary N) is 1. The van der Waals surface area contributed by atoms with Gasteiger partial charge < -0.3 is 11.1 Å². The topological polar surface area (TPSA) is 38.0 Å². The molecular formula is C10H11F2N2. The summed E-state index contributed by atoms with van der Waals surface area (Å²) in [6.07, 6.45) is 0.598. The van der Waals surface area contributed by atoms with Crippen LogP contribution in [0.1, 0.15) is 18.0 Å². The van der Waals surface area contributed by atoms with Gasteiger partial charge in [0.15, 0.2) is 0 Å². The van der Waals surface area contributed by atoms with Gasteiger partial charge in [-0.05, 0) is 24.6 Å². The molecule has 0 aromatic heterocycles. The van der Waals surface area contributed by atoms with Crippen molar-refractivity contribution in [1.29, 1.82) is 0 Å². The highest BCUT2D eigenvalue weighted by Gasteiger charge is 2.25. The first kappa shape index (κ1) is 9.55. The van der Waals surface area contributed by atoms with Crippen molar-refractivity contribution in [2.24, 2.45) is 5.73 Å². The lowest BCUT2D eigenvalue weighted by Gasteiger charge is -2.11. The van der Waals surface area contributed by atoms with E-state index in [0.717, 1.165) is 12.1 Å². The summed E-state index contributed by atoms with van der Waals surface area (Å²) in [5.41, 5.74) is 5.96. The zero-order valence-corrected chi connectivity index (χ0v) is 7.50. The summed E-state index contributed by atoms with van der Waals surface area (Å²) >= 11 is 0. The summed E-state index contributed by atoms with van der Waals surface area (Å²) < 4.78 is 26.1. The van der Waals surface area contributed by atoms with Gasteiger partial charge in [0.25, 0.3) is 0 Å². The van der Waals surface area contributed by atoms with Crippen molar-refractivity contribution in [3.05, 3.63) is 41.9 Å². The second kappa shape index (κ2) is 3.63. The van der Waals surface area contributed by atoms with Crippen LogP contribution in [0.4, 0.5) is 8.78 Å². The van der Waals surface area contributed by atoms with Crippen molar-refractivity contribution < 1.29 is 8.78 Å². The van der Waals surface area contributed by atoms with Crippen LogP contribution in [0.2, 0.25) is 0 Å². The first-order valence-electron chi connectivity index (χ1n) is 4.47. The summed E-state index contributed by atoms with van der Waals surface area (Å²) in [5.74, 6) is -0.824. The smallest absolute Gasteiger partial charge is 0.128 e. The summed E-state index contributed by atoms with van der Waals surface area (Å²) in [7, 11) is 0. The predicted octanol–water partition coefficient (Wildman–Crippen LogP) is 1.49. The second-order valence-electron chi connectivity index (χ2n) is 3.45. The molecule has 1 aromatic rings. The standard InChI is InChI=1S/C10H11F2N2/c11-6-1-2-9(12)8(3-6)10-4-7(13)5-14-10/h1-3,5,7,10,14H,4,13H2. The molecule has 1 aliphatic rings. The van der Waals surface area contributed by atoms with Crippen LogP contribution in [0.25, 0.3) is 0 Å². The summed E-state index contributed by atoms with van der Waals surface area (Å²) in [6.45, 7) is 1.70. The number of rotatable bonds is 1. The largest absolute Gasteiger partial charge is 0.326 e. The highest BCUT2D eigenvalue weighted by molar-refractivity contribution is 5.24. The summed E-state index contributed by atoms with van der Waals surface area (Å²) in [6, 6.07) is 3.15. The lowest BCUT2D eigenvalue weighted by molar-refractivity contribution is 0.543. The summed E-state index contributed by atoms with van der Waals surface area (Å²) in [4.78, 5) is 0. The fourth-order valence-electron chi connectivity index (χ4n) is 1.65. The molecule has 14 heavy (non-hydrogen) atoms. The highest BCUT2D eigenvalue weighted by Crippen LogP contribution is 2.26. The third-order valence-electron chi connectivity index (χ3n) is 2.35. The quantitative estimate of drug-likeness (QED) is 0.715. The number of benzene rings is 1. The second-order valence-corrected chi connectivity index (χ2v) is 3.45. The molecule has 2 unspecified atom stereocenters. The van der Waals surface area contributed by atoms with E-state index in [2.05, 4.69) is 5.32 Å². The Bertz CT molecular complexity index is 341. The van der Waals surface area contributed by atoms with Crippen LogP contribution < -0.4 is 11.1 Å². The van der Waals surface area contributed by atoms with Crippen molar-refractivity contribution in [3.63, 3.8) is 0 Å². The van der Waals surface area contributed by atoms with Gasteiger partial charge in [-0.3, -0.25) is 0 Å². The minimum atomic E-state index is -0.427. The van der Waals surface area contributed by atoms with Crippen molar-refractivity contribution in [2.75, 3.05) is 0 Å². The Hall–Kier alpha value is -1.00. The van der Waals surface area contributed by atoms with E-state index in [4.69, 9.17) is 5.73 Å². The lowest BCUT2D eigenvalue weighted by atomic mass is 10.0. The maximum atomic E-state index is 13.3. The first-order valence-corrected chi connectivity index (χ1v) is 4.47. The van der Waals surface area contributed by atoms with Crippen molar-refractivity contribution in [2.45, 2.75) is 18.5 Å². The average molecular weight is 197 g/mol. The lowest BCUT2D eigenvalue weighted by Crippen LogP contribution is -2.16. The monoisotopic (exact) mass is 197 g/mol. The van der Waals surface area contributed by atoms with Gasteiger partial charge in [-0.15, -0.1) is 0 Å². The third kappa shape index (κ3) is 1.76. The normalized spacial score (nSPS) is 26.8. The molecule has 3 N–H and O–H groups in total. The van der Waals surface area contributed by atoms with Crippen LogP contribution in [-0.2, 0) is 0 Å². The SMILES string of the molecule is NC1[CH]NC(c2cc(F)ccc2F)C1. The Kier molecular flexibility index (Phi) is 2.48. The Morgan fingerprint density at radius 1 is 1.36 bits per heavy atom. The van der Waals surface area contributed by atoms with Gasteiger partial charge >= 0.3 is 0 Å². The molecule has 1 aromatic carbocycles. The van der Waals surface area contributed by atoms with E-state index in [1.165, 1.54) is 6.07 Å². The molecular weight excluding hydrogens is 186 g/mol. The van der Waals surface area contributed by atoms with Crippen LogP contribution in [0, 0.1) is 18.2 Å². The number of hydrogen-bond donors (Lipinski definition) is 2. The van der Waals surface area contributed by atoms with Gasteiger partial charge in [0.05, 0.1) is 0 Å². The molecule has 1 saturated heterocycles. The minimum absolute atomic E-state index is 0.0948. The fraction of sp³-hybridized carbons (Fsp3) is 0.300. The first-order chi connectivity index (χ1) is 6.66. The van der Waals surface area contributed by atoms with Gasteiger partial charge in [0.2, 0.25) is 0 Å². The molecule has 2 nitrogen and oxygen atoms in total. The van der Waals surface area contributed by atoms with Crippen molar-refractivity contribution >= 4 is 0 Å². The number of nitrogens with one attached hydrogen (secondary N) is 1. The maximum Gasteiger partial charge on any atom is 0.128 e. The van der Waals surface area contributed by atoms with E-state index in [9.17, 15) is 8.78 Å². The zero-order valence-electron chi connectivity index (χ0n) is 7.50. The maximum absolute atomic E-state index is 13.3. The van der Waals surface area contributed by atoms with E-state index in [-0.39, 0.29) is 12.1 Å². The molecule has 0 spiro atoms. The molecule has 1 aliphatic heterocycles. The Labute approximate surface area is 81.1 Å². The summed E-state index contributed by atoms with van der Waals surface area (Å²) in [5, 5.41) is 2.93. The molecule has 2 rings (SSSR count). The molecule has 1 fully saturated rings. The Balaban J connectivity index is 2.27. The molecule has 0 saturated carbocycles. The molecule has 0 bridgehead atoms. The fourth-order valence-corrected chi connectivity index (χ4v) is 1.65. The molecule has 0 amide bonds. The molecule has 2 atom stereocenters. The molecule has 75 valence electrons. The van der Waals surface area contributed by atoms with E-state index in [1.807, 2.05) is 0 Å². The van der Waals surface area contributed by atoms with E-state index < -0.39 is 11.6 Å². The molecule has 0 aliphatic carbocycles. The van der Waals surface area contributed by atoms with Gasteiger partial charge in [-0.1, -0.05) is 0 Å². The van der Waals surface area contributed by atoms with Gasteiger partial charge in [-0.2, -0.15) is 0 Å². The van der Waals surface area contributed by atoms with Gasteiger partial charge in [0, 0.05) is 24.2 Å². The van der Waals surface area contributed by atoms with Crippen molar-refractivity contribution in [1.82, 2.24) is 5.32 Å². The molecule has 4 heteroatoms. The van der Waals surface area contributed by atoms with Crippen LogP contribution >= 0.6 is 0 Å². The van der Waals surface area contributed by atoms with Gasteiger partial charge in [-0.25, -0.2) is 8.78 Å². The van der Waals surface area contributed by atoms with Gasteiger partial charge in [0.1, 0.15) is 11.6 Å². The molecule has 1 radical (unpaired) electrons. The minimum Gasteiger partial charge on any atom is -0.326 e. The average Bonchev–Trinajstić information content (AvgIpc) is 2.56. The highest BCUT2D eigenvalue weighted by atomic mass is 19.1. The zero-order chi connectivity index (χ0) is 10.1. The Morgan fingerprint density at radius 3 is 2.79 bits per heavy atom. The van der Waals surface area contributed by atoms with E-state index in [1.54, 1.807) is 6.54 Å². The van der Waals surface area contributed by atoms with Crippen LogP contribution in [0.3, 0.4) is 0 Å². The number of hydrogen-bond acceptors (Lipinski definition) is 2.